The predicted molar refractivity (Wildman–Crippen MR) is 142 cm³/mol. The molecule has 0 radical (unpaired) electrons. The predicted octanol–water partition coefficient (Wildman–Crippen LogP) is 3.54. The minimum absolute atomic E-state index is 0.0579. The summed E-state index contributed by atoms with van der Waals surface area (Å²) in [7, 11) is 0. The Balaban J connectivity index is 1.16. The van der Waals surface area contributed by atoms with Crippen molar-refractivity contribution in [3.8, 4) is 11.1 Å². The van der Waals surface area contributed by atoms with E-state index in [1.54, 1.807) is 24.7 Å². The number of piperazine rings is 1. The van der Waals surface area contributed by atoms with E-state index < -0.39 is 0 Å². The highest BCUT2D eigenvalue weighted by atomic mass is 16.1. The van der Waals surface area contributed by atoms with Crippen LogP contribution in [0.2, 0.25) is 0 Å². The summed E-state index contributed by atoms with van der Waals surface area (Å²) in [4.78, 5) is 39.3. The number of rotatable bonds is 6. The van der Waals surface area contributed by atoms with Gasteiger partial charge in [0.25, 0.3) is 0 Å². The summed E-state index contributed by atoms with van der Waals surface area (Å²) in [5, 5.41) is 0. The van der Waals surface area contributed by atoms with E-state index in [1.165, 1.54) is 0 Å². The fraction of sp³-hybridized carbons (Fsp3) is 0.214. The summed E-state index contributed by atoms with van der Waals surface area (Å²) in [5.74, 6) is 1.85. The number of benzene rings is 2. The fourth-order valence-corrected chi connectivity index (χ4v) is 4.59. The van der Waals surface area contributed by atoms with Crippen LogP contribution in [0.1, 0.15) is 5.56 Å². The molecule has 0 spiro atoms. The van der Waals surface area contributed by atoms with E-state index in [1.807, 2.05) is 30.5 Å². The van der Waals surface area contributed by atoms with E-state index >= 15 is 0 Å². The van der Waals surface area contributed by atoms with Gasteiger partial charge in [0.2, 0.25) is 0 Å². The average Bonchev–Trinajstić information content (AvgIpc) is 3.49. The lowest BCUT2D eigenvalue weighted by atomic mass is 10.0. The van der Waals surface area contributed by atoms with E-state index in [2.05, 4.69) is 54.0 Å². The monoisotopic (exact) mass is 475 g/mol. The van der Waals surface area contributed by atoms with Gasteiger partial charge in [-0.05, 0) is 34.9 Å². The van der Waals surface area contributed by atoms with E-state index in [9.17, 15) is 4.79 Å². The third kappa shape index (κ3) is 4.57. The smallest absolute Gasteiger partial charge is 0.185 e. The first-order valence-corrected chi connectivity index (χ1v) is 12.1. The van der Waals surface area contributed by atoms with Crippen LogP contribution in [0.15, 0.2) is 84.4 Å². The van der Waals surface area contributed by atoms with Crippen molar-refractivity contribution < 1.29 is 4.79 Å². The Morgan fingerprint density at radius 3 is 2.31 bits per heavy atom. The van der Waals surface area contributed by atoms with Crippen molar-refractivity contribution >= 4 is 34.2 Å². The molecule has 178 valence electrons. The largest absolute Gasteiger partial charge is 0.352 e. The van der Waals surface area contributed by atoms with E-state index in [0.29, 0.717) is 18.7 Å². The van der Waals surface area contributed by atoms with Gasteiger partial charge in [-0.3, -0.25) is 19.8 Å². The molecule has 0 bridgehead atoms. The summed E-state index contributed by atoms with van der Waals surface area (Å²) in [6, 6.07) is 14.3. The molecule has 8 nitrogen and oxygen atoms in total. The number of fused-ring (bicyclic) bond motifs is 1. The first-order chi connectivity index (χ1) is 17.7. The quantitative estimate of drug-likeness (QED) is 0.422. The molecule has 0 aliphatic carbocycles. The van der Waals surface area contributed by atoms with Gasteiger partial charge in [0.05, 0.1) is 30.0 Å². The van der Waals surface area contributed by atoms with Crippen molar-refractivity contribution in [1.29, 1.82) is 0 Å². The zero-order chi connectivity index (χ0) is 24.3. The number of ketones is 1. The summed E-state index contributed by atoms with van der Waals surface area (Å²) in [6.45, 7) is 4.01. The molecule has 0 saturated carbocycles. The van der Waals surface area contributed by atoms with Gasteiger partial charge < -0.3 is 9.80 Å². The molecular weight excluding hydrogens is 450 g/mol. The van der Waals surface area contributed by atoms with Crippen molar-refractivity contribution in [2.75, 3.05) is 42.5 Å². The Labute approximate surface area is 209 Å². The van der Waals surface area contributed by atoms with Crippen LogP contribution < -0.4 is 9.80 Å². The zero-order valence-electron chi connectivity index (χ0n) is 19.8. The Morgan fingerprint density at radius 2 is 1.58 bits per heavy atom. The highest BCUT2D eigenvalue weighted by Gasteiger charge is 2.20. The number of nitrogens with zero attached hydrogens (tertiary/aromatic N) is 7. The number of allylic oxidation sites excluding steroid dienone is 1. The van der Waals surface area contributed by atoms with Crippen LogP contribution in [-0.2, 0) is 11.2 Å². The van der Waals surface area contributed by atoms with Gasteiger partial charge in [0.1, 0.15) is 17.3 Å². The van der Waals surface area contributed by atoms with Crippen molar-refractivity contribution in [2.45, 2.75) is 6.42 Å². The molecule has 6 rings (SSSR count). The van der Waals surface area contributed by atoms with Crippen LogP contribution >= 0.6 is 0 Å². The van der Waals surface area contributed by atoms with Crippen LogP contribution in [0.3, 0.4) is 0 Å². The van der Waals surface area contributed by atoms with Gasteiger partial charge in [-0.2, -0.15) is 0 Å². The van der Waals surface area contributed by atoms with Crippen molar-refractivity contribution in [1.82, 2.24) is 19.9 Å². The fourth-order valence-electron chi connectivity index (χ4n) is 4.59. The first-order valence-electron chi connectivity index (χ1n) is 12.1. The number of carbonyl (C=O) groups is 1. The van der Waals surface area contributed by atoms with Gasteiger partial charge in [-0.1, -0.05) is 36.4 Å². The Bertz CT molecular complexity index is 1460. The molecule has 2 aliphatic heterocycles. The third-order valence-corrected chi connectivity index (χ3v) is 6.59. The molecule has 1 saturated heterocycles. The number of anilines is 2. The molecule has 0 amide bonds. The van der Waals surface area contributed by atoms with Gasteiger partial charge in [0, 0.05) is 45.0 Å². The van der Waals surface area contributed by atoms with E-state index in [0.717, 1.165) is 65.5 Å². The zero-order valence-corrected chi connectivity index (χ0v) is 19.8. The lowest BCUT2D eigenvalue weighted by Gasteiger charge is -2.35. The first kappa shape index (κ1) is 22.0. The second kappa shape index (κ2) is 9.65. The molecule has 36 heavy (non-hydrogen) atoms. The number of carbonyl (C=O) groups excluding carboxylic acids is 1. The summed E-state index contributed by atoms with van der Waals surface area (Å²) in [6.07, 6.45) is 11.2. The average molecular weight is 476 g/mol. The van der Waals surface area contributed by atoms with Crippen molar-refractivity contribution in [3.63, 3.8) is 0 Å². The summed E-state index contributed by atoms with van der Waals surface area (Å²) >= 11 is 0. The van der Waals surface area contributed by atoms with E-state index in [4.69, 9.17) is 4.98 Å². The van der Waals surface area contributed by atoms with Crippen molar-refractivity contribution in [3.05, 3.63) is 85.0 Å². The molecule has 0 atom stereocenters. The Hall–Kier alpha value is -4.46. The maximum absolute atomic E-state index is 12.4. The molecule has 8 heteroatoms. The van der Waals surface area contributed by atoms with Gasteiger partial charge >= 0.3 is 0 Å². The molecule has 4 aromatic rings. The standard InChI is InChI=1S/C28H25N7O/c36-26(24-2-1-9-30-24)16-20-3-5-21(6-4-20)22-7-8-23-25(17-22)33-28(19-32-23)35-14-12-34(13-15-35)27-18-29-10-11-31-27/h1-8,10-11,17-19H,9,12-16H2. The number of hydrogen-bond acceptors (Lipinski definition) is 8. The van der Waals surface area contributed by atoms with Gasteiger partial charge in [0.15, 0.2) is 5.78 Å². The molecule has 1 fully saturated rings. The van der Waals surface area contributed by atoms with Crippen LogP contribution in [0, 0.1) is 0 Å². The minimum atomic E-state index is 0.0579. The Kier molecular flexibility index (Phi) is 5.91. The number of Topliss-reactive ketones (excluding diaryl/α,β-unsaturated/α-hetero) is 1. The molecule has 2 aromatic heterocycles. The van der Waals surface area contributed by atoms with Crippen molar-refractivity contribution in [2.24, 2.45) is 4.99 Å². The lowest BCUT2D eigenvalue weighted by molar-refractivity contribution is -0.112. The minimum Gasteiger partial charge on any atom is -0.352 e. The molecule has 0 N–H and O–H groups in total. The summed E-state index contributed by atoms with van der Waals surface area (Å²) in [5.41, 5.74) is 5.44. The van der Waals surface area contributed by atoms with Crippen LogP contribution in [0.5, 0.6) is 0 Å². The highest BCUT2D eigenvalue weighted by Crippen LogP contribution is 2.25. The molecule has 2 aromatic carbocycles. The highest BCUT2D eigenvalue weighted by molar-refractivity contribution is 6.45. The maximum atomic E-state index is 12.4. The van der Waals surface area contributed by atoms with E-state index in [-0.39, 0.29) is 5.78 Å². The third-order valence-electron chi connectivity index (χ3n) is 6.59. The topological polar surface area (TPSA) is 87.5 Å². The van der Waals surface area contributed by atoms with Gasteiger partial charge in [-0.15, -0.1) is 0 Å². The lowest BCUT2D eigenvalue weighted by Crippen LogP contribution is -2.47. The van der Waals surface area contributed by atoms with Gasteiger partial charge in [-0.25, -0.2) is 9.97 Å². The molecular formula is C28H25N7O. The van der Waals surface area contributed by atoms with Crippen LogP contribution in [-0.4, -0.2) is 64.2 Å². The molecule has 2 aliphatic rings. The number of hydrogen-bond donors (Lipinski definition) is 0. The molecule has 0 unspecified atom stereocenters. The number of aromatic nitrogens is 4. The maximum Gasteiger partial charge on any atom is 0.185 e. The summed E-state index contributed by atoms with van der Waals surface area (Å²) < 4.78 is 0. The van der Waals surface area contributed by atoms with Crippen LogP contribution in [0.25, 0.3) is 22.2 Å². The second-order valence-corrected chi connectivity index (χ2v) is 8.89. The van der Waals surface area contributed by atoms with Crippen LogP contribution in [0.4, 0.5) is 11.6 Å². The Morgan fingerprint density at radius 1 is 0.806 bits per heavy atom. The number of aliphatic imine (C=N–C) groups is 1. The normalized spacial score (nSPS) is 15.4. The second-order valence-electron chi connectivity index (χ2n) is 8.89. The SMILES string of the molecule is O=C(Cc1ccc(-c2ccc3ncc(N4CCN(c5cnccn5)CC4)nc3c2)cc1)C1=NCC=C1. The molecule has 4 heterocycles.